The van der Waals surface area contributed by atoms with E-state index >= 15 is 0 Å². The van der Waals surface area contributed by atoms with Crippen LogP contribution in [0.1, 0.15) is 12.0 Å². The van der Waals surface area contributed by atoms with Crippen molar-refractivity contribution < 1.29 is 8.42 Å². The zero-order valence-corrected chi connectivity index (χ0v) is 11.4. The van der Waals surface area contributed by atoms with Crippen molar-refractivity contribution in [3.8, 4) is 0 Å². The molecule has 0 heterocycles. The van der Waals surface area contributed by atoms with E-state index in [-0.39, 0.29) is 0 Å². The predicted molar refractivity (Wildman–Crippen MR) is 77.5 cm³/mol. The summed E-state index contributed by atoms with van der Waals surface area (Å²) in [7, 11) is -3.30. The average Bonchev–Trinajstić information content (AvgIpc) is 2.46. The van der Waals surface area contributed by atoms with Crippen LogP contribution in [-0.2, 0) is 16.3 Å². The van der Waals surface area contributed by atoms with E-state index in [4.69, 9.17) is 0 Å². The molecule has 0 amide bonds. The molecule has 0 radical (unpaired) electrons. The molecule has 0 bridgehead atoms. The van der Waals surface area contributed by atoms with Crippen molar-refractivity contribution in [2.75, 3.05) is 0 Å². The molecule has 98 valence electrons. The van der Waals surface area contributed by atoms with Gasteiger partial charge in [-0.3, -0.25) is 0 Å². The minimum atomic E-state index is -3.30. The van der Waals surface area contributed by atoms with E-state index in [1.54, 1.807) is 36.4 Å². The van der Waals surface area contributed by atoms with Crippen molar-refractivity contribution in [3.63, 3.8) is 0 Å². The minimum absolute atomic E-state index is 0.339. The molecule has 0 N–H and O–H groups in total. The van der Waals surface area contributed by atoms with E-state index in [0.717, 1.165) is 12.8 Å². The number of benzene rings is 2. The Morgan fingerprint density at radius 2 is 1.42 bits per heavy atom. The number of aryl methyl sites for hydroxylation is 1. The SMILES string of the molecule is O=S(=O)(C=CCCc1ccccc1)c1ccccc1. The van der Waals surface area contributed by atoms with Crippen molar-refractivity contribution in [2.24, 2.45) is 0 Å². The third kappa shape index (κ3) is 4.07. The standard InChI is InChI=1S/C16H16O2S/c17-19(18,16-12-5-2-6-13-16)14-8-7-11-15-9-3-1-4-10-15/h1-6,8-10,12-14H,7,11H2. The van der Waals surface area contributed by atoms with Crippen molar-refractivity contribution in [2.45, 2.75) is 17.7 Å². The topological polar surface area (TPSA) is 34.1 Å². The van der Waals surface area contributed by atoms with Crippen LogP contribution in [-0.4, -0.2) is 8.42 Å². The van der Waals surface area contributed by atoms with Crippen molar-refractivity contribution in [3.05, 3.63) is 77.7 Å². The Balaban J connectivity index is 1.96. The molecule has 0 unspecified atom stereocenters. The van der Waals surface area contributed by atoms with Gasteiger partial charge in [0, 0.05) is 5.41 Å². The molecule has 0 atom stereocenters. The van der Waals surface area contributed by atoms with Crippen LogP contribution in [0.2, 0.25) is 0 Å². The summed E-state index contributed by atoms with van der Waals surface area (Å²) < 4.78 is 23.9. The van der Waals surface area contributed by atoms with Gasteiger partial charge in [0.05, 0.1) is 4.90 Å². The van der Waals surface area contributed by atoms with Gasteiger partial charge in [0.25, 0.3) is 0 Å². The van der Waals surface area contributed by atoms with Gasteiger partial charge in [-0.05, 0) is 30.5 Å². The van der Waals surface area contributed by atoms with Crippen molar-refractivity contribution in [1.29, 1.82) is 0 Å². The first-order valence-corrected chi connectivity index (χ1v) is 7.74. The first kappa shape index (κ1) is 13.6. The quantitative estimate of drug-likeness (QED) is 0.833. The summed E-state index contributed by atoms with van der Waals surface area (Å²) in [6.45, 7) is 0. The van der Waals surface area contributed by atoms with E-state index < -0.39 is 9.84 Å². The van der Waals surface area contributed by atoms with Crippen LogP contribution in [0.5, 0.6) is 0 Å². The van der Waals surface area contributed by atoms with Gasteiger partial charge in [-0.25, -0.2) is 8.42 Å². The van der Waals surface area contributed by atoms with Crippen LogP contribution in [0.15, 0.2) is 77.0 Å². The van der Waals surface area contributed by atoms with Gasteiger partial charge in [0.15, 0.2) is 9.84 Å². The highest BCUT2D eigenvalue weighted by atomic mass is 32.2. The first-order valence-electron chi connectivity index (χ1n) is 6.19. The molecule has 0 aromatic heterocycles. The molecule has 2 aromatic carbocycles. The smallest absolute Gasteiger partial charge is 0.199 e. The second-order valence-electron chi connectivity index (χ2n) is 4.25. The maximum atomic E-state index is 12.0. The second kappa shape index (κ2) is 6.34. The molecule has 0 fully saturated rings. The van der Waals surface area contributed by atoms with E-state index in [1.165, 1.54) is 11.0 Å². The first-order chi connectivity index (χ1) is 9.18. The van der Waals surface area contributed by atoms with Gasteiger partial charge >= 0.3 is 0 Å². The zero-order valence-electron chi connectivity index (χ0n) is 10.6. The third-order valence-electron chi connectivity index (χ3n) is 2.79. The zero-order chi connectivity index (χ0) is 13.6. The Morgan fingerprint density at radius 1 is 0.842 bits per heavy atom. The Labute approximate surface area is 114 Å². The molecule has 0 saturated carbocycles. The molecule has 19 heavy (non-hydrogen) atoms. The fraction of sp³-hybridized carbons (Fsp3) is 0.125. The number of allylic oxidation sites excluding steroid dienone is 1. The van der Waals surface area contributed by atoms with Crippen LogP contribution in [0.4, 0.5) is 0 Å². The molecular formula is C16H16O2S. The summed E-state index contributed by atoms with van der Waals surface area (Å²) in [5.41, 5.74) is 1.21. The van der Waals surface area contributed by atoms with Crippen LogP contribution in [0.3, 0.4) is 0 Å². The van der Waals surface area contributed by atoms with Gasteiger partial charge in [0.2, 0.25) is 0 Å². The largest absolute Gasteiger partial charge is 0.219 e. The fourth-order valence-corrected chi connectivity index (χ4v) is 2.86. The molecule has 0 spiro atoms. The van der Waals surface area contributed by atoms with E-state index in [2.05, 4.69) is 0 Å². The normalized spacial score (nSPS) is 11.8. The number of hydrogen-bond acceptors (Lipinski definition) is 2. The molecule has 2 aromatic rings. The lowest BCUT2D eigenvalue weighted by Crippen LogP contribution is -1.95. The Morgan fingerprint density at radius 3 is 2.05 bits per heavy atom. The highest BCUT2D eigenvalue weighted by Crippen LogP contribution is 2.12. The Hall–Kier alpha value is -1.87. The molecular weight excluding hydrogens is 256 g/mol. The van der Waals surface area contributed by atoms with E-state index in [1.807, 2.05) is 30.3 Å². The average molecular weight is 272 g/mol. The summed E-state index contributed by atoms with van der Waals surface area (Å²) in [5.74, 6) is 0. The molecule has 0 aliphatic rings. The van der Waals surface area contributed by atoms with E-state index in [0.29, 0.717) is 4.90 Å². The summed E-state index contributed by atoms with van der Waals surface area (Å²) in [6.07, 6.45) is 3.28. The van der Waals surface area contributed by atoms with Gasteiger partial charge in [-0.1, -0.05) is 54.6 Å². The summed E-state index contributed by atoms with van der Waals surface area (Å²) in [4.78, 5) is 0.339. The Kier molecular flexibility index (Phi) is 4.53. The molecule has 0 saturated heterocycles. The van der Waals surface area contributed by atoms with Crippen LogP contribution >= 0.6 is 0 Å². The lowest BCUT2D eigenvalue weighted by atomic mass is 10.1. The summed E-state index contributed by atoms with van der Waals surface area (Å²) in [5, 5.41) is 1.30. The van der Waals surface area contributed by atoms with Crippen LogP contribution < -0.4 is 0 Å². The second-order valence-corrected chi connectivity index (χ2v) is 6.09. The fourth-order valence-electron chi connectivity index (χ4n) is 1.78. The van der Waals surface area contributed by atoms with E-state index in [9.17, 15) is 8.42 Å². The highest BCUT2D eigenvalue weighted by molar-refractivity contribution is 7.94. The van der Waals surface area contributed by atoms with Crippen LogP contribution in [0, 0.1) is 0 Å². The molecule has 2 nitrogen and oxygen atoms in total. The Bertz CT molecular complexity index is 629. The number of sulfone groups is 1. The summed E-state index contributed by atoms with van der Waals surface area (Å²) in [6, 6.07) is 18.5. The maximum Gasteiger partial charge on any atom is 0.199 e. The lowest BCUT2D eigenvalue weighted by Gasteiger charge is -1.99. The third-order valence-corrected chi connectivity index (χ3v) is 4.27. The van der Waals surface area contributed by atoms with Crippen LogP contribution in [0.25, 0.3) is 0 Å². The molecule has 2 rings (SSSR count). The lowest BCUT2D eigenvalue weighted by molar-refractivity contribution is 0.604. The monoisotopic (exact) mass is 272 g/mol. The predicted octanol–water partition coefficient (Wildman–Crippen LogP) is 3.61. The highest BCUT2D eigenvalue weighted by Gasteiger charge is 2.08. The van der Waals surface area contributed by atoms with Gasteiger partial charge in [0.1, 0.15) is 0 Å². The van der Waals surface area contributed by atoms with Gasteiger partial charge in [-0.15, -0.1) is 0 Å². The van der Waals surface area contributed by atoms with Crippen molar-refractivity contribution in [1.82, 2.24) is 0 Å². The van der Waals surface area contributed by atoms with Gasteiger partial charge < -0.3 is 0 Å². The number of hydrogen-bond donors (Lipinski definition) is 0. The molecule has 3 heteroatoms. The van der Waals surface area contributed by atoms with Gasteiger partial charge in [-0.2, -0.15) is 0 Å². The molecule has 0 aliphatic carbocycles. The maximum absolute atomic E-state index is 12.0. The van der Waals surface area contributed by atoms with Crippen molar-refractivity contribution >= 4 is 9.84 Å². The minimum Gasteiger partial charge on any atom is -0.219 e. The molecule has 0 aliphatic heterocycles. The number of rotatable bonds is 5. The summed E-state index contributed by atoms with van der Waals surface area (Å²) >= 11 is 0.